The van der Waals surface area contributed by atoms with Gasteiger partial charge in [-0.2, -0.15) is 0 Å². The normalized spacial score (nSPS) is 13.4. The molecule has 1 amide bonds. The van der Waals surface area contributed by atoms with Gasteiger partial charge >= 0.3 is 0 Å². The lowest BCUT2D eigenvalue weighted by Crippen LogP contribution is -2.49. The molecular weight excluding hydrogens is 440 g/mol. The topological polar surface area (TPSA) is 67.8 Å². The molecule has 1 saturated heterocycles. The number of nitrogens with zero attached hydrogens (tertiary/aromatic N) is 4. The standard InChI is InChI=1S/C28H26N4O3/c1-34-22-13-11-21(12-14-22)25-15-16-27(30-29-25)31-17-19-32(20-18-31)28(33)24-9-5-6-10-26(24)35-23-7-3-2-4-8-23/h2-16H,17-20H2,1H3. The van der Waals surface area contributed by atoms with Gasteiger partial charge in [-0.25, -0.2) is 0 Å². The number of hydrogen-bond acceptors (Lipinski definition) is 6. The highest BCUT2D eigenvalue weighted by molar-refractivity contribution is 5.97. The van der Waals surface area contributed by atoms with Crippen LogP contribution in [0.25, 0.3) is 11.3 Å². The zero-order chi connectivity index (χ0) is 24.0. The second-order valence-corrected chi connectivity index (χ2v) is 8.20. The zero-order valence-corrected chi connectivity index (χ0v) is 19.5. The van der Waals surface area contributed by atoms with Crippen molar-refractivity contribution in [2.75, 3.05) is 38.2 Å². The fraction of sp³-hybridized carbons (Fsp3) is 0.179. The number of amides is 1. The predicted octanol–water partition coefficient (Wildman–Crippen LogP) is 4.91. The lowest BCUT2D eigenvalue weighted by molar-refractivity contribution is 0.0744. The summed E-state index contributed by atoms with van der Waals surface area (Å²) in [4.78, 5) is 17.3. The molecule has 1 fully saturated rings. The van der Waals surface area contributed by atoms with E-state index in [0.29, 0.717) is 43.2 Å². The molecule has 176 valence electrons. The van der Waals surface area contributed by atoms with Crippen LogP contribution in [0.5, 0.6) is 17.2 Å². The Labute approximate surface area is 204 Å². The van der Waals surface area contributed by atoms with E-state index in [0.717, 1.165) is 22.8 Å². The molecule has 0 N–H and O–H groups in total. The molecule has 7 nitrogen and oxygen atoms in total. The summed E-state index contributed by atoms with van der Waals surface area (Å²) in [5, 5.41) is 8.83. The van der Waals surface area contributed by atoms with Crippen LogP contribution in [0.4, 0.5) is 5.82 Å². The SMILES string of the molecule is COc1ccc(-c2ccc(N3CCN(C(=O)c4ccccc4Oc4ccccc4)CC3)nn2)cc1. The minimum Gasteiger partial charge on any atom is -0.497 e. The molecule has 2 heterocycles. The van der Waals surface area contributed by atoms with Crippen molar-refractivity contribution in [3.05, 3.63) is 96.6 Å². The van der Waals surface area contributed by atoms with Crippen LogP contribution in [0, 0.1) is 0 Å². The predicted molar refractivity (Wildman–Crippen MR) is 135 cm³/mol. The maximum absolute atomic E-state index is 13.3. The van der Waals surface area contributed by atoms with Crippen molar-refractivity contribution in [1.29, 1.82) is 0 Å². The number of carbonyl (C=O) groups excluding carboxylic acids is 1. The molecule has 1 aliphatic rings. The van der Waals surface area contributed by atoms with E-state index < -0.39 is 0 Å². The zero-order valence-electron chi connectivity index (χ0n) is 19.5. The van der Waals surface area contributed by atoms with E-state index in [1.165, 1.54) is 0 Å². The van der Waals surface area contributed by atoms with E-state index in [9.17, 15) is 4.79 Å². The summed E-state index contributed by atoms with van der Waals surface area (Å²) in [7, 11) is 1.65. The largest absolute Gasteiger partial charge is 0.497 e. The fourth-order valence-electron chi connectivity index (χ4n) is 4.07. The Morgan fingerprint density at radius 2 is 1.46 bits per heavy atom. The molecule has 0 bridgehead atoms. The van der Waals surface area contributed by atoms with Crippen LogP contribution in [0.1, 0.15) is 10.4 Å². The lowest BCUT2D eigenvalue weighted by Gasteiger charge is -2.35. The highest BCUT2D eigenvalue weighted by Crippen LogP contribution is 2.27. The number of methoxy groups -OCH3 is 1. The maximum Gasteiger partial charge on any atom is 0.257 e. The van der Waals surface area contributed by atoms with E-state index in [-0.39, 0.29) is 5.91 Å². The molecule has 1 aliphatic heterocycles. The van der Waals surface area contributed by atoms with Gasteiger partial charge in [-0.1, -0.05) is 30.3 Å². The second kappa shape index (κ2) is 10.3. The van der Waals surface area contributed by atoms with Crippen LogP contribution in [-0.2, 0) is 0 Å². The number of anilines is 1. The van der Waals surface area contributed by atoms with Crippen molar-refractivity contribution in [3.8, 4) is 28.5 Å². The second-order valence-electron chi connectivity index (χ2n) is 8.20. The molecule has 4 aromatic rings. The Kier molecular flexibility index (Phi) is 6.57. The van der Waals surface area contributed by atoms with Crippen LogP contribution in [0.15, 0.2) is 91.0 Å². The smallest absolute Gasteiger partial charge is 0.257 e. The number of piperazine rings is 1. The third-order valence-electron chi connectivity index (χ3n) is 6.02. The van der Waals surface area contributed by atoms with Gasteiger partial charge in [0.15, 0.2) is 5.82 Å². The molecule has 1 aromatic heterocycles. The third kappa shape index (κ3) is 5.09. The van der Waals surface area contributed by atoms with Crippen molar-refractivity contribution in [2.24, 2.45) is 0 Å². The number of ether oxygens (including phenoxy) is 2. The molecule has 0 unspecified atom stereocenters. The highest BCUT2D eigenvalue weighted by Gasteiger charge is 2.25. The van der Waals surface area contributed by atoms with E-state index in [2.05, 4.69) is 15.1 Å². The van der Waals surface area contributed by atoms with Crippen molar-refractivity contribution in [3.63, 3.8) is 0 Å². The van der Waals surface area contributed by atoms with Gasteiger partial charge in [0.2, 0.25) is 0 Å². The van der Waals surface area contributed by atoms with Crippen molar-refractivity contribution in [2.45, 2.75) is 0 Å². The first-order valence-corrected chi connectivity index (χ1v) is 11.6. The average molecular weight is 467 g/mol. The Morgan fingerprint density at radius 1 is 0.743 bits per heavy atom. The average Bonchev–Trinajstić information content (AvgIpc) is 2.94. The molecule has 35 heavy (non-hydrogen) atoms. The summed E-state index contributed by atoms with van der Waals surface area (Å²) < 4.78 is 11.2. The number of carbonyl (C=O) groups is 1. The fourth-order valence-corrected chi connectivity index (χ4v) is 4.07. The number of aromatic nitrogens is 2. The van der Waals surface area contributed by atoms with E-state index >= 15 is 0 Å². The van der Waals surface area contributed by atoms with Gasteiger partial charge < -0.3 is 19.3 Å². The number of benzene rings is 3. The maximum atomic E-state index is 13.3. The molecular formula is C28H26N4O3. The van der Waals surface area contributed by atoms with Gasteiger partial charge in [0.05, 0.1) is 18.4 Å². The van der Waals surface area contributed by atoms with Crippen LogP contribution >= 0.6 is 0 Å². The van der Waals surface area contributed by atoms with Gasteiger partial charge in [-0.05, 0) is 60.7 Å². The molecule has 3 aromatic carbocycles. The van der Waals surface area contributed by atoms with E-state index in [1.54, 1.807) is 7.11 Å². The Balaban J connectivity index is 1.22. The monoisotopic (exact) mass is 466 g/mol. The summed E-state index contributed by atoms with van der Waals surface area (Å²) >= 11 is 0. The molecule has 0 atom stereocenters. The number of hydrogen-bond donors (Lipinski definition) is 0. The lowest BCUT2D eigenvalue weighted by atomic mass is 10.1. The molecule has 7 heteroatoms. The van der Waals surface area contributed by atoms with Crippen molar-refractivity contribution in [1.82, 2.24) is 15.1 Å². The van der Waals surface area contributed by atoms with Crippen LogP contribution in [0.2, 0.25) is 0 Å². The first kappa shape index (κ1) is 22.4. The molecule has 0 radical (unpaired) electrons. The summed E-state index contributed by atoms with van der Waals surface area (Å²) in [5.74, 6) is 2.85. The first-order chi connectivity index (χ1) is 17.2. The van der Waals surface area contributed by atoms with Gasteiger partial charge in [0.25, 0.3) is 5.91 Å². The summed E-state index contributed by atoms with van der Waals surface area (Å²) in [5.41, 5.74) is 2.35. The Morgan fingerprint density at radius 3 is 2.14 bits per heavy atom. The van der Waals surface area contributed by atoms with E-state index in [1.807, 2.05) is 95.9 Å². The van der Waals surface area contributed by atoms with Crippen molar-refractivity contribution < 1.29 is 14.3 Å². The number of rotatable bonds is 6. The number of para-hydroxylation sites is 2. The van der Waals surface area contributed by atoms with E-state index in [4.69, 9.17) is 9.47 Å². The molecule has 5 rings (SSSR count). The van der Waals surface area contributed by atoms with Crippen LogP contribution in [0.3, 0.4) is 0 Å². The summed E-state index contributed by atoms with van der Waals surface area (Å²) in [6, 6.07) is 28.6. The molecule has 0 saturated carbocycles. The highest BCUT2D eigenvalue weighted by atomic mass is 16.5. The van der Waals surface area contributed by atoms with Crippen LogP contribution < -0.4 is 14.4 Å². The quantitative estimate of drug-likeness (QED) is 0.402. The summed E-state index contributed by atoms with van der Waals surface area (Å²) in [6.45, 7) is 2.56. The van der Waals surface area contributed by atoms with Crippen molar-refractivity contribution >= 4 is 11.7 Å². The molecule has 0 aliphatic carbocycles. The minimum atomic E-state index is -0.0304. The van der Waals surface area contributed by atoms with Gasteiger partial charge in [0.1, 0.15) is 17.2 Å². The van der Waals surface area contributed by atoms with Gasteiger partial charge in [-0.15, -0.1) is 10.2 Å². The summed E-state index contributed by atoms with van der Waals surface area (Å²) in [6.07, 6.45) is 0. The Bertz CT molecular complexity index is 1270. The first-order valence-electron chi connectivity index (χ1n) is 11.6. The van der Waals surface area contributed by atoms with Gasteiger partial charge in [0, 0.05) is 31.7 Å². The van der Waals surface area contributed by atoms with Gasteiger partial charge in [-0.3, -0.25) is 4.79 Å². The Hall–Kier alpha value is -4.39. The minimum absolute atomic E-state index is 0.0304. The van der Waals surface area contributed by atoms with Crippen LogP contribution in [-0.4, -0.2) is 54.3 Å². The third-order valence-corrected chi connectivity index (χ3v) is 6.02. The molecule has 0 spiro atoms.